The standard InChI is InChI=1S/C15H17F7O4S2/c1-3-27(4-2,10-12(23)11-8-6-5-7-9-11)26-28(24,25)15(21,22)13(16,17)14(18,19)20/h5-9H,3-4,10H2,1-2H3. The average molecular weight is 458 g/mol. The van der Waals surface area contributed by atoms with E-state index in [0.717, 1.165) is 0 Å². The third-order valence-corrected chi connectivity index (χ3v) is 9.46. The summed E-state index contributed by atoms with van der Waals surface area (Å²) in [5.41, 5.74) is 0.0784. The van der Waals surface area contributed by atoms with E-state index in [1.807, 2.05) is 0 Å². The van der Waals surface area contributed by atoms with E-state index in [1.54, 1.807) is 6.07 Å². The van der Waals surface area contributed by atoms with Gasteiger partial charge in [0, 0.05) is 5.56 Å². The first-order valence-corrected chi connectivity index (χ1v) is 11.2. The molecule has 0 saturated heterocycles. The molecule has 0 bridgehead atoms. The van der Waals surface area contributed by atoms with Gasteiger partial charge in [-0.1, -0.05) is 44.2 Å². The SMILES string of the molecule is CCS(CC)(CC(=O)c1ccccc1)OS(=O)(=O)C(F)(F)C(F)(F)C(F)(F)F. The van der Waals surface area contributed by atoms with Crippen molar-refractivity contribution in [3.8, 4) is 0 Å². The number of halogens is 7. The smallest absolute Gasteiger partial charge is 0.293 e. The molecule has 0 aliphatic rings. The van der Waals surface area contributed by atoms with Gasteiger partial charge in [0.05, 0.1) is 5.75 Å². The van der Waals surface area contributed by atoms with Crippen LogP contribution in [0.3, 0.4) is 0 Å². The molecule has 0 aliphatic carbocycles. The minimum Gasteiger partial charge on any atom is -0.293 e. The van der Waals surface area contributed by atoms with Crippen LogP contribution in [0.25, 0.3) is 0 Å². The second-order valence-corrected chi connectivity index (χ2v) is 10.9. The molecule has 0 aromatic heterocycles. The zero-order chi connectivity index (χ0) is 22.0. The maximum atomic E-state index is 13.7. The number of Topliss-reactive ketones (excluding diaryl/α,β-unsaturated/α-hetero) is 1. The van der Waals surface area contributed by atoms with E-state index < -0.39 is 49.3 Å². The van der Waals surface area contributed by atoms with E-state index in [4.69, 9.17) is 0 Å². The summed E-state index contributed by atoms with van der Waals surface area (Å²) in [5.74, 6) is -9.02. The van der Waals surface area contributed by atoms with Gasteiger partial charge in [-0.3, -0.25) is 4.79 Å². The fourth-order valence-electron chi connectivity index (χ4n) is 2.03. The van der Waals surface area contributed by atoms with Crippen molar-refractivity contribution >= 4 is 26.2 Å². The molecule has 162 valence electrons. The predicted octanol–water partition coefficient (Wildman–Crippen LogP) is 4.77. The van der Waals surface area contributed by atoms with E-state index >= 15 is 0 Å². The van der Waals surface area contributed by atoms with Crippen molar-refractivity contribution in [2.75, 3.05) is 17.3 Å². The first-order valence-electron chi connectivity index (χ1n) is 7.69. The topological polar surface area (TPSA) is 60.4 Å². The minimum atomic E-state index is -6.88. The molecule has 0 atom stereocenters. The van der Waals surface area contributed by atoms with Gasteiger partial charge in [-0.2, -0.15) is 39.2 Å². The summed E-state index contributed by atoms with van der Waals surface area (Å²) in [6.45, 7) is 2.51. The number of ketones is 1. The van der Waals surface area contributed by atoms with Gasteiger partial charge in [-0.25, -0.2) is 3.63 Å². The van der Waals surface area contributed by atoms with Crippen LogP contribution >= 0.6 is 10.3 Å². The van der Waals surface area contributed by atoms with Crippen LogP contribution < -0.4 is 0 Å². The molecule has 0 fully saturated rings. The summed E-state index contributed by atoms with van der Waals surface area (Å²) in [7, 11) is -10.0. The Morgan fingerprint density at radius 3 is 1.79 bits per heavy atom. The van der Waals surface area contributed by atoms with Crippen molar-refractivity contribution in [1.29, 1.82) is 0 Å². The molecular formula is C15H17F7O4S2. The molecule has 0 aliphatic heterocycles. The lowest BCUT2D eigenvalue weighted by Gasteiger charge is -2.38. The quantitative estimate of drug-likeness (QED) is 0.395. The number of benzene rings is 1. The van der Waals surface area contributed by atoms with Gasteiger partial charge in [-0.05, 0) is 11.5 Å². The van der Waals surface area contributed by atoms with Gasteiger partial charge < -0.3 is 0 Å². The van der Waals surface area contributed by atoms with Gasteiger partial charge in [0.1, 0.15) is 0 Å². The molecular weight excluding hydrogens is 441 g/mol. The first kappa shape index (κ1) is 24.7. The summed E-state index contributed by atoms with van der Waals surface area (Å²) in [4.78, 5) is 12.3. The molecule has 0 unspecified atom stereocenters. The average Bonchev–Trinajstić information content (AvgIpc) is 2.60. The number of carbonyl (C=O) groups excluding carboxylic acids is 1. The molecule has 0 spiro atoms. The second-order valence-electron chi connectivity index (χ2n) is 5.59. The highest BCUT2D eigenvalue weighted by molar-refractivity contribution is 8.33. The number of hydrogen-bond donors (Lipinski definition) is 0. The zero-order valence-corrected chi connectivity index (χ0v) is 16.2. The van der Waals surface area contributed by atoms with Crippen molar-refractivity contribution in [3.05, 3.63) is 35.9 Å². The first-order chi connectivity index (χ1) is 12.6. The molecule has 0 amide bonds. The highest BCUT2D eigenvalue weighted by Crippen LogP contribution is 2.56. The van der Waals surface area contributed by atoms with Crippen LogP contribution in [-0.4, -0.2) is 48.8 Å². The lowest BCUT2D eigenvalue weighted by Crippen LogP contribution is -2.56. The van der Waals surface area contributed by atoms with Crippen LogP contribution in [0.5, 0.6) is 0 Å². The number of hydrogen-bond acceptors (Lipinski definition) is 4. The van der Waals surface area contributed by atoms with E-state index in [2.05, 4.69) is 3.63 Å². The van der Waals surface area contributed by atoms with E-state index in [0.29, 0.717) is 0 Å². The van der Waals surface area contributed by atoms with Gasteiger partial charge in [0.15, 0.2) is 5.78 Å². The van der Waals surface area contributed by atoms with E-state index in [1.165, 1.54) is 38.1 Å². The van der Waals surface area contributed by atoms with Gasteiger partial charge in [0.2, 0.25) is 0 Å². The summed E-state index contributed by atoms with van der Waals surface area (Å²) >= 11 is 0. The lowest BCUT2D eigenvalue weighted by molar-refractivity contribution is -0.333. The van der Waals surface area contributed by atoms with Crippen LogP contribution in [0.1, 0.15) is 24.2 Å². The summed E-state index contributed by atoms with van der Waals surface area (Å²) in [6, 6.07) is 7.20. The third kappa shape index (κ3) is 4.62. The minimum absolute atomic E-state index is 0.0784. The van der Waals surface area contributed by atoms with Gasteiger partial charge in [0.25, 0.3) is 0 Å². The molecule has 0 saturated carbocycles. The Labute approximate surface area is 158 Å². The van der Waals surface area contributed by atoms with Crippen LogP contribution in [0.4, 0.5) is 30.7 Å². The maximum absolute atomic E-state index is 13.7. The van der Waals surface area contributed by atoms with Crippen molar-refractivity contribution in [2.45, 2.75) is 31.2 Å². The van der Waals surface area contributed by atoms with Gasteiger partial charge in [-0.15, -0.1) is 10.3 Å². The summed E-state index contributed by atoms with van der Waals surface area (Å²) < 4.78 is 118. The monoisotopic (exact) mass is 458 g/mol. The number of alkyl halides is 7. The molecule has 0 N–H and O–H groups in total. The largest absolute Gasteiger partial charge is 0.461 e. The van der Waals surface area contributed by atoms with Gasteiger partial charge >= 0.3 is 27.5 Å². The van der Waals surface area contributed by atoms with Crippen molar-refractivity contribution < 1.29 is 47.6 Å². The Hall–Kier alpha value is -1.34. The zero-order valence-electron chi connectivity index (χ0n) is 14.6. The Balaban J connectivity index is 3.28. The Bertz CT molecular complexity index is 788. The maximum Gasteiger partial charge on any atom is 0.461 e. The van der Waals surface area contributed by atoms with Crippen molar-refractivity contribution in [3.63, 3.8) is 0 Å². The van der Waals surface area contributed by atoms with E-state index in [-0.39, 0.29) is 17.1 Å². The van der Waals surface area contributed by atoms with Crippen LogP contribution in [0, 0.1) is 0 Å². The summed E-state index contributed by atoms with van der Waals surface area (Å²) in [5, 5.41) is -6.57. The highest BCUT2D eigenvalue weighted by atomic mass is 32.3. The fourth-order valence-corrected chi connectivity index (χ4v) is 6.74. The normalized spacial score (nSPS) is 14.8. The highest BCUT2D eigenvalue weighted by Gasteiger charge is 2.79. The fraction of sp³-hybridized carbons (Fsp3) is 0.533. The molecule has 1 aromatic rings. The molecule has 13 heteroatoms. The number of carbonyl (C=O) groups is 1. The molecule has 1 rings (SSSR count). The van der Waals surface area contributed by atoms with Crippen molar-refractivity contribution in [1.82, 2.24) is 0 Å². The molecule has 0 heterocycles. The molecule has 0 radical (unpaired) electrons. The van der Waals surface area contributed by atoms with Crippen LogP contribution in [0.2, 0.25) is 0 Å². The van der Waals surface area contributed by atoms with Crippen molar-refractivity contribution in [2.24, 2.45) is 0 Å². The van der Waals surface area contributed by atoms with Crippen LogP contribution in [0.15, 0.2) is 30.3 Å². The van der Waals surface area contributed by atoms with E-state index in [9.17, 15) is 43.9 Å². The number of rotatable bonds is 9. The summed E-state index contributed by atoms with van der Waals surface area (Å²) in [6.07, 6.45) is -6.83. The Morgan fingerprint density at radius 1 is 0.929 bits per heavy atom. The van der Waals surface area contributed by atoms with Crippen LogP contribution in [-0.2, 0) is 13.7 Å². The lowest BCUT2D eigenvalue weighted by atomic mass is 10.2. The second kappa shape index (κ2) is 8.19. The Kier molecular flexibility index (Phi) is 7.22. The molecule has 1 aromatic carbocycles. The predicted molar refractivity (Wildman–Crippen MR) is 90.3 cm³/mol. The molecule has 28 heavy (non-hydrogen) atoms. The third-order valence-electron chi connectivity index (χ3n) is 3.81. The Morgan fingerprint density at radius 2 is 1.39 bits per heavy atom. The molecule has 4 nitrogen and oxygen atoms in total.